The Balaban J connectivity index is 2.24. The Kier molecular flexibility index (Phi) is 4.89. The second-order valence-electron chi connectivity index (χ2n) is 4.12. The van der Waals surface area contributed by atoms with Crippen molar-refractivity contribution in [2.75, 3.05) is 11.9 Å². The molecule has 21 heavy (non-hydrogen) atoms. The zero-order valence-corrected chi connectivity index (χ0v) is 12.0. The van der Waals surface area contributed by atoms with Crippen LogP contribution in [0.4, 0.5) is 11.6 Å². The largest absolute Gasteiger partial charge is 0.432 e. The third-order valence-electron chi connectivity index (χ3n) is 2.50. The standard InChI is InChI=1S/C13H13ClN4O3/c1-2-6-15-13-16-7-5-12(17-13)21-11-4-3-9(14)8-10(11)18(19)20/h3-5,7-8H,2,6H2,1H3,(H,15,16,17). The maximum atomic E-state index is 11.0. The van der Waals surface area contributed by atoms with E-state index in [2.05, 4.69) is 15.3 Å². The molecule has 0 aliphatic rings. The van der Waals surface area contributed by atoms with Gasteiger partial charge in [0, 0.05) is 29.9 Å². The van der Waals surface area contributed by atoms with Gasteiger partial charge in [-0.25, -0.2) is 4.98 Å². The van der Waals surface area contributed by atoms with Gasteiger partial charge in [0.15, 0.2) is 0 Å². The lowest BCUT2D eigenvalue weighted by molar-refractivity contribution is -0.385. The molecule has 0 amide bonds. The number of rotatable bonds is 6. The number of anilines is 1. The molecule has 0 unspecified atom stereocenters. The highest BCUT2D eigenvalue weighted by Gasteiger charge is 2.17. The van der Waals surface area contributed by atoms with Crippen molar-refractivity contribution >= 4 is 23.2 Å². The van der Waals surface area contributed by atoms with Crippen LogP contribution in [0.3, 0.4) is 0 Å². The molecule has 0 bridgehead atoms. The van der Waals surface area contributed by atoms with E-state index in [1.807, 2.05) is 6.92 Å². The number of nitro groups is 1. The molecule has 0 atom stereocenters. The van der Waals surface area contributed by atoms with E-state index in [0.29, 0.717) is 5.95 Å². The van der Waals surface area contributed by atoms with E-state index >= 15 is 0 Å². The van der Waals surface area contributed by atoms with E-state index in [0.717, 1.165) is 13.0 Å². The highest BCUT2D eigenvalue weighted by Crippen LogP contribution is 2.32. The molecular formula is C13H13ClN4O3. The van der Waals surface area contributed by atoms with Crippen molar-refractivity contribution in [3.63, 3.8) is 0 Å². The summed E-state index contributed by atoms with van der Waals surface area (Å²) in [6.07, 6.45) is 2.44. The van der Waals surface area contributed by atoms with E-state index in [-0.39, 0.29) is 22.3 Å². The van der Waals surface area contributed by atoms with Gasteiger partial charge in [0.2, 0.25) is 17.6 Å². The Morgan fingerprint density at radius 2 is 2.24 bits per heavy atom. The Labute approximate surface area is 126 Å². The maximum absolute atomic E-state index is 11.0. The summed E-state index contributed by atoms with van der Waals surface area (Å²) in [5, 5.41) is 14.3. The topological polar surface area (TPSA) is 90.2 Å². The van der Waals surface area contributed by atoms with Crippen LogP contribution in [0.15, 0.2) is 30.5 Å². The average Bonchev–Trinajstić information content (AvgIpc) is 2.47. The molecule has 1 aromatic carbocycles. The van der Waals surface area contributed by atoms with Gasteiger partial charge in [-0.15, -0.1) is 0 Å². The number of ether oxygens (including phenoxy) is 1. The van der Waals surface area contributed by atoms with Gasteiger partial charge in [-0.3, -0.25) is 10.1 Å². The highest BCUT2D eigenvalue weighted by atomic mass is 35.5. The third kappa shape index (κ3) is 4.03. The number of nitrogens with zero attached hydrogens (tertiary/aromatic N) is 3. The molecule has 110 valence electrons. The first-order valence-corrected chi connectivity index (χ1v) is 6.66. The van der Waals surface area contributed by atoms with Crippen LogP contribution in [0.2, 0.25) is 5.02 Å². The molecule has 0 saturated carbocycles. The van der Waals surface area contributed by atoms with Crippen LogP contribution in [0.25, 0.3) is 0 Å². The fourth-order valence-electron chi connectivity index (χ4n) is 1.55. The smallest absolute Gasteiger partial charge is 0.313 e. The van der Waals surface area contributed by atoms with Crippen molar-refractivity contribution < 1.29 is 9.66 Å². The van der Waals surface area contributed by atoms with E-state index in [9.17, 15) is 10.1 Å². The third-order valence-corrected chi connectivity index (χ3v) is 2.73. The number of nitro benzene ring substituents is 1. The molecule has 0 radical (unpaired) electrons. The summed E-state index contributed by atoms with van der Waals surface area (Å²) in [6.45, 7) is 2.75. The van der Waals surface area contributed by atoms with Crippen LogP contribution in [-0.2, 0) is 0 Å². The van der Waals surface area contributed by atoms with Crippen LogP contribution < -0.4 is 10.1 Å². The molecule has 1 heterocycles. The maximum Gasteiger partial charge on any atom is 0.313 e. The summed E-state index contributed by atoms with van der Waals surface area (Å²) in [4.78, 5) is 18.6. The van der Waals surface area contributed by atoms with E-state index in [4.69, 9.17) is 16.3 Å². The van der Waals surface area contributed by atoms with Crippen molar-refractivity contribution in [2.45, 2.75) is 13.3 Å². The minimum absolute atomic E-state index is 0.0736. The first kappa shape index (κ1) is 15.0. The van der Waals surface area contributed by atoms with E-state index in [1.165, 1.54) is 30.5 Å². The molecular weight excluding hydrogens is 296 g/mol. The molecule has 7 nitrogen and oxygen atoms in total. The van der Waals surface area contributed by atoms with Crippen molar-refractivity contribution in [1.82, 2.24) is 9.97 Å². The van der Waals surface area contributed by atoms with Gasteiger partial charge in [-0.05, 0) is 18.6 Å². The number of hydrogen-bond donors (Lipinski definition) is 1. The molecule has 1 aromatic heterocycles. The Morgan fingerprint density at radius 3 is 2.95 bits per heavy atom. The van der Waals surface area contributed by atoms with Crippen molar-refractivity contribution in [3.8, 4) is 11.6 Å². The van der Waals surface area contributed by atoms with Gasteiger partial charge in [0.1, 0.15) is 0 Å². The predicted molar refractivity (Wildman–Crippen MR) is 79.0 cm³/mol. The van der Waals surface area contributed by atoms with Crippen LogP contribution >= 0.6 is 11.6 Å². The van der Waals surface area contributed by atoms with Crippen LogP contribution in [0, 0.1) is 10.1 Å². The fourth-order valence-corrected chi connectivity index (χ4v) is 1.72. The monoisotopic (exact) mass is 308 g/mol. The fraction of sp³-hybridized carbons (Fsp3) is 0.231. The molecule has 0 spiro atoms. The Hall–Kier alpha value is -2.41. The van der Waals surface area contributed by atoms with E-state index < -0.39 is 4.92 Å². The normalized spacial score (nSPS) is 10.2. The lowest BCUT2D eigenvalue weighted by Gasteiger charge is -2.07. The second-order valence-corrected chi connectivity index (χ2v) is 4.55. The Bertz CT molecular complexity index is 651. The Morgan fingerprint density at radius 1 is 1.43 bits per heavy atom. The summed E-state index contributed by atoms with van der Waals surface area (Å²) in [5.41, 5.74) is -0.218. The molecule has 0 aliphatic carbocycles. The van der Waals surface area contributed by atoms with Gasteiger partial charge in [-0.2, -0.15) is 4.98 Å². The zero-order chi connectivity index (χ0) is 15.2. The number of aromatic nitrogens is 2. The molecule has 8 heteroatoms. The number of hydrogen-bond acceptors (Lipinski definition) is 6. The van der Waals surface area contributed by atoms with Crippen LogP contribution in [0.1, 0.15) is 13.3 Å². The van der Waals surface area contributed by atoms with Gasteiger partial charge >= 0.3 is 5.69 Å². The highest BCUT2D eigenvalue weighted by molar-refractivity contribution is 6.30. The molecule has 1 N–H and O–H groups in total. The first-order valence-electron chi connectivity index (χ1n) is 6.29. The van der Waals surface area contributed by atoms with Gasteiger partial charge < -0.3 is 10.1 Å². The van der Waals surface area contributed by atoms with Crippen molar-refractivity contribution in [2.24, 2.45) is 0 Å². The minimum Gasteiger partial charge on any atom is -0.432 e. The average molecular weight is 309 g/mol. The van der Waals surface area contributed by atoms with Crippen LogP contribution in [-0.4, -0.2) is 21.4 Å². The number of benzene rings is 1. The zero-order valence-electron chi connectivity index (χ0n) is 11.2. The first-order chi connectivity index (χ1) is 10.1. The SMILES string of the molecule is CCCNc1nccc(Oc2ccc(Cl)cc2[N+](=O)[O-])n1. The number of nitrogens with one attached hydrogen (secondary N) is 1. The summed E-state index contributed by atoms with van der Waals surface area (Å²) in [7, 11) is 0. The molecule has 2 aromatic rings. The van der Waals surface area contributed by atoms with Gasteiger partial charge in [0.25, 0.3) is 0 Å². The van der Waals surface area contributed by atoms with Crippen LogP contribution in [0.5, 0.6) is 11.6 Å². The van der Waals surface area contributed by atoms with Gasteiger partial charge in [-0.1, -0.05) is 18.5 Å². The molecule has 0 fully saturated rings. The van der Waals surface area contributed by atoms with E-state index in [1.54, 1.807) is 0 Å². The molecule has 0 aliphatic heterocycles. The number of halogens is 1. The predicted octanol–water partition coefficient (Wildman–Crippen LogP) is 3.65. The second kappa shape index (κ2) is 6.85. The summed E-state index contributed by atoms with van der Waals surface area (Å²) in [5.74, 6) is 0.699. The summed E-state index contributed by atoms with van der Waals surface area (Å²) >= 11 is 5.75. The van der Waals surface area contributed by atoms with Crippen molar-refractivity contribution in [3.05, 3.63) is 45.6 Å². The molecule has 2 rings (SSSR count). The minimum atomic E-state index is -0.557. The van der Waals surface area contributed by atoms with Crippen molar-refractivity contribution in [1.29, 1.82) is 0 Å². The van der Waals surface area contributed by atoms with Gasteiger partial charge in [0.05, 0.1) is 4.92 Å². The molecule has 0 saturated heterocycles. The summed E-state index contributed by atoms with van der Waals surface area (Å²) in [6, 6.07) is 5.70. The lowest BCUT2D eigenvalue weighted by Crippen LogP contribution is -2.04. The lowest BCUT2D eigenvalue weighted by atomic mass is 10.3. The summed E-state index contributed by atoms with van der Waals surface area (Å²) < 4.78 is 5.46. The quantitative estimate of drug-likeness (QED) is 0.647.